The highest BCUT2D eigenvalue weighted by atomic mass is 16.4. The number of aliphatic imine (C=N–C) groups is 1. The molecule has 0 radical (unpaired) electrons. The summed E-state index contributed by atoms with van der Waals surface area (Å²) >= 11 is 0. The van der Waals surface area contributed by atoms with Gasteiger partial charge in [0.05, 0.1) is 24.7 Å². The van der Waals surface area contributed by atoms with Crippen LogP contribution in [0.15, 0.2) is 4.99 Å². The average Bonchev–Trinajstić information content (AvgIpc) is 2.70. The average molecular weight is 492 g/mol. The maximum absolute atomic E-state index is 12.6. The molecule has 0 aliphatic carbocycles. The third-order valence-electron chi connectivity index (χ3n) is 4.42. The Morgan fingerprint density at radius 2 is 1.32 bits per heavy atom. The maximum atomic E-state index is 12.6. The number of carboxylic acids is 2. The zero-order valence-corrected chi connectivity index (χ0v) is 18.8. The molecule has 0 rings (SSSR count). The topological polar surface area (TPSA) is 293 Å². The first-order chi connectivity index (χ1) is 15.7. The zero-order chi connectivity index (χ0) is 26.6. The third-order valence-corrected chi connectivity index (χ3v) is 4.42. The molecular formula is C18H33N7O9. The van der Waals surface area contributed by atoms with Gasteiger partial charge >= 0.3 is 11.9 Å². The molecule has 16 heteroatoms. The number of nitrogens with zero attached hydrogens (tertiary/aromatic N) is 1. The number of amides is 3. The van der Waals surface area contributed by atoms with E-state index in [1.807, 2.05) is 5.32 Å². The number of aliphatic hydroxyl groups is 2. The molecule has 0 heterocycles. The van der Waals surface area contributed by atoms with Gasteiger partial charge in [0.25, 0.3) is 0 Å². The Bertz CT molecular complexity index is 769. The molecule has 0 aromatic rings. The van der Waals surface area contributed by atoms with Crippen LogP contribution < -0.4 is 33.2 Å². The SMILES string of the molecule is C[C@@H](O)[C@H](NC(=O)[C@@H](NC(=O)[C@@H](N)CCCN=C(N)N)[C@@H](C)O)C(=O)N[C@@H](CC(=O)O)C(=O)O. The minimum atomic E-state index is -1.83. The van der Waals surface area contributed by atoms with Crippen LogP contribution in [-0.2, 0) is 24.0 Å². The van der Waals surface area contributed by atoms with Gasteiger partial charge < -0.3 is 53.6 Å². The van der Waals surface area contributed by atoms with Gasteiger partial charge in [0.15, 0.2) is 5.96 Å². The van der Waals surface area contributed by atoms with Crippen LogP contribution >= 0.6 is 0 Å². The summed E-state index contributed by atoms with van der Waals surface area (Å²) < 4.78 is 0. The molecule has 194 valence electrons. The zero-order valence-electron chi connectivity index (χ0n) is 18.8. The Morgan fingerprint density at radius 3 is 1.74 bits per heavy atom. The molecule has 0 aliphatic rings. The van der Waals surface area contributed by atoms with E-state index >= 15 is 0 Å². The standard InChI is InChI=1S/C18H33N7O9/c1-7(26)12(15(31)23-10(17(33)34)6-11(28)29)25-16(32)13(8(2)27)24-14(30)9(19)4-3-5-22-18(20)21/h7-10,12-13,26-27H,3-6,19H2,1-2H3,(H,23,31)(H,24,30)(H,25,32)(H,28,29)(H,33,34)(H4,20,21,22)/t7-,8-,9+,10+,12+,13+/m1/s1. The van der Waals surface area contributed by atoms with Gasteiger partial charge in [0, 0.05) is 6.54 Å². The number of hydrogen-bond acceptors (Lipinski definition) is 9. The highest BCUT2D eigenvalue weighted by Gasteiger charge is 2.34. The van der Waals surface area contributed by atoms with Gasteiger partial charge in [-0.15, -0.1) is 0 Å². The summed E-state index contributed by atoms with van der Waals surface area (Å²) in [7, 11) is 0. The second kappa shape index (κ2) is 14.6. The van der Waals surface area contributed by atoms with E-state index in [1.165, 1.54) is 6.92 Å². The molecule has 13 N–H and O–H groups in total. The van der Waals surface area contributed by atoms with Gasteiger partial charge in [-0.3, -0.25) is 24.2 Å². The Balaban J connectivity index is 5.25. The summed E-state index contributed by atoms with van der Waals surface area (Å²) in [6.07, 6.45) is -3.45. The van der Waals surface area contributed by atoms with Crippen molar-refractivity contribution in [2.45, 2.75) is 69.5 Å². The Labute approximate surface area is 194 Å². The van der Waals surface area contributed by atoms with Crippen LogP contribution in [0, 0.1) is 0 Å². The van der Waals surface area contributed by atoms with Crippen LogP contribution in [0.2, 0.25) is 0 Å². The summed E-state index contributed by atoms with van der Waals surface area (Å²) in [5.41, 5.74) is 16.1. The lowest BCUT2D eigenvalue weighted by Crippen LogP contribution is -2.61. The van der Waals surface area contributed by atoms with Crippen LogP contribution in [-0.4, -0.2) is 99.0 Å². The first kappa shape index (κ1) is 30.5. The fourth-order valence-electron chi connectivity index (χ4n) is 2.60. The van der Waals surface area contributed by atoms with E-state index in [4.69, 9.17) is 27.4 Å². The van der Waals surface area contributed by atoms with Gasteiger partial charge in [0.2, 0.25) is 17.7 Å². The van der Waals surface area contributed by atoms with Gasteiger partial charge in [-0.2, -0.15) is 0 Å². The predicted molar refractivity (Wildman–Crippen MR) is 117 cm³/mol. The molecule has 0 saturated carbocycles. The molecule has 0 spiro atoms. The fraction of sp³-hybridized carbons (Fsp3) is 0.667. The van der Waals surface area contributed by atoms with Crippen LogP contribution in [0.1, 0.15) is 33.1 Å². The predicted octanol–water partition coefficient (Wildman–Crippen LogP) is -4.86. The molecule has 0 saturated heterocycles. The molecule has 0 aliphatic heterocycles. The highest BCUT2D eigenvalue weighted by molar-refractivity contribution is 5.95. The number of aliphatic hydroxyl groups excluding tert-OH is 2. The number of nitrogens with two attached hydrogens (primary N) is 3. The summed E-state index contributed by atoms with van der Waals surface area (Å²) in [5, 5.41) is 43.9. The van der Waals surface area contributed by atoms with Crippen molar-refractivity contribution in [1.29, 1.82) is 0 Å². The molecule has 0 aromatic carbocycles. The lowest BCUT2D eigenvalue weighted by atomic mass is 10.1. The minimum Gasteiger partial charge on any atom is -0.481 e. The van der Waals surface area contributed by atoms with E-state index in [0.29, 0.717) is 6.42 Å². The molecule has 3 amide bonds. The Morgan fingerprint density at radius 1 is 0.853 bits per heavy atom. The van der Waals surface area contributed by atoms with Crippen LogP contribution in [0.3, 0.4) is 0 Å². The van der Waals surface area contributed by atoms with Crippen molar-refractivity contribution in [2.24, 2.45) is 22.2 Å². The summed E-state index contributed by atoms with van der Waals surface area (Å²) in [4.78, 5) is 63.0. The van der Waals surface area contributed by atoms with E-state index < -0.39 is 72.5 Å². The van der Waals surface area contributed by atoms with E-state index in [0.717, 1.165) is 6.92 Å². The van der Waals surface area contributed by atoms with E-state index in [2.05, 4.69) is 15.6 Å². The maximum Gasteiger partial charge on any atom is 0.326 e. The number of carbonyl (C=O) groups is 5. The molecule has 0 unspecified atom stereocenters. The van der Waals surface area contributed by atoms with Crippen LogP contribution in [0.5, 0.6) is 0 Å². The summed E-state index contributed by atoms with van der Waals surface area (Å²) in [5.74, 6) is -6.34. The number of aliphatic carboxylic acids is 2. The second-order valence-electron chi connectivity index (χ2n) is 7.51. The van der Waals surface area contributed by atoms with E-state index in [9.17, 15) is 34.2 Å². The summed E-state index contributed by atoms with van der Waals surface area (Å²) in [6, 6.07) is -6.21. The number of carboxylic acid groups (broad SMARTS) is 2. The van der Waals surface area contributed by atoms with E-state index in [1.54, 1.807) is 0 Å². The molecule has 0 bridgehead atoms. The largest absolute Gasteiger partial charge is 0.481 e. The van der Waals surface area contributed by atoms with Crippen LogP contribution in [0.25, 0.3) is 0 Å². The van der Waals surface area contributed by atoms with Crippen molar-refractivity contribution in [3.8, 4) is 0 Å². The monoisotopic (exact) mass is 491 g/mol. The Hall–Kier alpha value is -3.50. The molecular weight excluding hydrogens is 458 g/mol. The lowest BCUT2D eigenvalue weighted by Gasteiger charge is -2.27. The van der Waals surface area contributed by atoms with Crippen molar-refractivity contribution in [2.75, 3.05) is 6.54 Å². The second-order valence-corrected chi connectivity index (χ2v) is 7.51. The first-order valence-electron chi connectivity index (χ1n) is 10.2. The normalized spacial score (nSPS) is 16.0. The first-order valence-corrected chi connectivity index (χ1v) is 10.2. The van der Waals surface area contributed by atoms with Crippen molar-refractivity contribution >= 4 is 35.6 Å². The smallest absolute Gasteiger partial charge is 0.326 e. The number of hydrogen-bond donors (Lipinski definition) is 10. The minimum absolute atomic E-state index is 0.127. The molecule has 0 fully saturated rings. The molecule has 16 nitrogen and oxygen atoms in total. The van der Waals surface area contributed by atoms with Gasteiger partial charge in [0.1, 0.15) is 18.1 Å². The van der Waals surface area contributed by atoms with Crippen molar-refractivity contribution < 1.29 is 44.4 Å². The van der Waals surface area contributed by atoms with Crippen molar-refractivity contribution in [3.63, 3.8) is 0 Å². The third kappa shape index (κ3) is 11.4. The summed E-state index contributed by atoms with van der Waals surface area (Å²) in [6.45, 7) is 2.51. The van der Waals surface area contributed by atoms with Crippen molar-refractivity contribution in [1.82, 2.24) is 16.0 Å². The van der Waals surface area contributed by atoms with Gasteiger partial charge in [-0.05, 0) is 26.7 Å². The lowest BCUT2D eigenvalue weighted by molar-refractivity contribution is -0.148. The highest BCUT2D eigenvalue weighted by Crippen LogP contribution is 2.03. The van der Waals surface area contributed by atoms with Crippen LogP contribution in [0.4, 0.5) is 0 Å². The molecule has 0 aromatic heterocycles. The van der Waals surface area contributed by atoms with Crippen molar-refractivity contribution in [3.05, 3.63) is 0 Å². The number of guanidine groups is 1. The number of rotatable bonds is 15. The van der Waals surface area contributed by atoms with Gasteiger partial charge in [-0.25, -0.2) is 4.79 Å². The number of carbonyl (C=O) groups excluding carboxylic acids is 3. The quantitative estimate of drug-likeness (QED) is 0.0586. The number of nitrogens with one attached hydrogen (secondary N) is 3. The fourth-order valence-corrected chi connectivity index (χ4v) is 2.60. The van der Waals surface area contributed by atoms with Gasteiger partial charge in [-0.1, -0.05) is 0 Å². The Kier molecular flexibility index (Phi) is 13.1. The molecule has 6 atom stereocenters. The molecule has 34 heavy (non-hydrogen) atoms. The van der Waals surface area contributed by atoms with E-state index in [-0.39, 0.29) is 18.9 Å².